The maximum atomic E-state index is 12.8. The Kier molecular flexibility index (Phi) is 6.28. The summed E-state index contributed by atoms with van der Waals surface area (Å²) in [7, 11) is 0. The third-order valence-corrected chi connectivity index (χ3v) is 3.25. The number of halogens is 4. The van der Waals surface area contributed by atoms with Gasteiger partial charge in [0.05, 0.1) is 0 Å². The zero-order valence-corrected chi connectivity index (χ0v) is 14.7. The summed E-state index contributed by atoms with van der Waals surface area (Å²) >= 11 is 5.75. The second kappa shape index (κ2) is 7.47. The summed E-state index contributed by atoms with van der Waals surface area (Å²) in [5.74, 6) is -1.39. The van der Waals surface area contributed by atoms with Crippen LogP contribution in [-0.2, 0) is 22.1 Å². The maximum absolute atomic E-state index is 12.8. The van der Waals surface area contributed by atoms with Gasteiger partial charge >= 0.3 is 18.2 Å². The van der Waals surface area contributed by atoms with E-state index in [9.17, 15) is 27.9 Å². The molecule has 1 heterocycles. The van der Waals surface area contributed by atoms with Crippen LogP contribution in [0.5, 0.6) is 0 Å². The Morgan fingerprint density at radius 1 is 1.36 bits per heavy atom. The van der Waals surface area contributed by atoms with Gasteiger partial charge in [0.25, 0.3) is 0 Å². The summed E-state index contributed by atoms with van der Waals surface area (Å²) in [6.07, 6.45) is -5.99. The van der Waals surface area contributed by atoms with Crippen LogP contribution in [0.1, 0.15) is 37.6 Å². The van der Waals surface area contributed by atoms with Gasteiger partial charge in [-0.25, -0.2) is 14.6 Å². The van der Waals surface area contributed by atoms with Gasteiger partial charge in [-0.05, 0) is 38.8 Å². The zero-order valence-electron chi connectivity index (χ0n) is 14.0. The van der Waals surface area contributed by atoms with Crippen molar-refractivity contribution in [1.82, 2.24) is 10.3 Å². The van der Waals surface area contributed by atoms with Crippen LogP contribution in [-0.4, -0.2) is 33.8 Å². The summed E-state index contributed by atoms with van der Waals surface area (Å²) < 4.78 is 43.3. The fourth-order valence-corrected chi connectivity index (χ4v) is 2.16. The summed E-state index contributed by atoms with van der Waals surface area (Å²) in [5, 5.41) is 10.9. The Morgan fingerprint density at radius 2 is 1.92 bits per heavy atom. The van der Waals surface area contributed by atoms with Crippen molar-refractivity contribution in [1.29, 1.82) is 0 Å². The van der Waals surface area contributed by atoms with Gasteiger partial charge in [-0.3, -0.25) is 0 Å². The lowest BCUT2D eigenvalue weighted by Gasteiger charge is -2.22. The van der Waals surface area contributed by atoms with Gasteiger partial charge in [0.1, 0.15) is 22.5 Å². The highest BCUT2D eigenvalue weighted by atomic mass is 35.5. The van der Waals surface area contributed by atoms with Crippen LogP contribution in [0.15, 0.2) is 6.07 Å². The van der Waals surface area contributed by atoms with E-state index in [0.717, 1.165) is 6.07 Å². The highest BCUT2D eigenvalue weighted by molar-refractivity contribution is 6.30. The minimum Gasteiger partial charge on any atom is -0.480 e. The van der Waals surface area contributed by atoms with E-state index in [1.54, 1.807) is 20.8 Å². The minimum atomic E-state index is -4.67. The van der Waals surface area contributed by atoms with Crippen molar-refractivity contribution in [2.45, 2.75) is 51.9 Å². The Labute approximate surface area is 147 Å². The minimum absolute atomic E-state index is 0.0654. The number of nitrogens with one attached hydrogen (secondary N) is 1. The first-order chi connectivity index (χ1) is 11.2. The number of hydrogen-bond donors (Lipinski definition) is 2. The molecule has 0 aliphatic heterocycles. The lowest BCUT2D eigenvalue weighted by molar-refractivity contribution is -0.142. The number of aliphatic carboxylic acids is 1. The largest absolute Gasteiger partial charge is 0.480 e. The number of alkyl carbamates (subject to hydrolysis) is 1. The van der Waals surface area contributed by atoms with E-state index < -0.39 is 40.7 Å². The van der Waals surface area contributed by atoms with Gasteiger partial charge in [-0.2, -0.15) is 13.2 Å². The van der Waals surface area contributed by atoms with E-state index in [0.29, 0.717) is 0 Å². The number of alkyl halides is 3. The van der Waals surface area contributed by atoms with Crippen LogP contribution < -0.4 is 5.32 Å². The fourth-order valence-electron chi connectivity index (χ4n) is 1.95. The molecule has 0 aliphatic carbocycles. The van der Waals surface area contributed by atoms with E-state index in [2.05, 4.69) is 10.3 Å². The molecule has 0 aliphatic rings. The molecule has 1 rings (SSSR count). The number of nitrogens with zero attached hydrogens (tertiary/aromatic N) is 1. The number of amides is 1. The third kappa shape index (κ3) is 6.41. The van der Waals surface area contributed by atoms with Crippen LogP contribution in [0, 0.1) is 6.92 Å². The second-order valence-corrected chi connectivity index (χ2v) is 6.70. The molecular formula is C15H18ClF3N2O4. The van der Waals surface area contributed by atoms with Gasteiger partial charge < -0.3 is 15.2 Å². The van der Waals surface area contributed by atoms with Gasteiger partial charge in [0.2, 0.25) is 0 Å². The molecule has 1 amide bonds. The van der Waals surface area contributed by atoms with E-state index in [1.807, 2.05) is 0 Å². The van der Waals surface area contributed by atoms with Crippen molar-refractivity contribution in [2.75, 3.05) is 0 Å². The summed E-state index contributed by atoms with van der Waals surface area (Å²) in [5.41, 5.74) is -2.12. The molecule has 140 valence electrons. The molecule has 25 heavy (non-hydrogen) atoms. The highest BCUT2D eigenvalue weighted by Gasteiger charge is 2.35. The third-order valence-electron chi connectivity index (χ3n) is 2.92. The second-order valence-electron chi connectivity index (χ2n) is 6.34. The molecule has 0 saturated heterocycles. The smallest absolute Gasteiger partial charge is 0.433 e. The summed E-state index contributed by atoms with van der Waals surface area (Å²) in [6, 6.07) is -0.337. The highest BCUT2D eigenvalue weighted by Crippen LogP contribution is 2.32. The average molecular weight is 383 g/mol. The van der Waals surface area contributed by atoms with E-state index in [1.165, 1.54) is 6.92 Å². The number of hydrogen-bond acceptors (Lipinski definition) is 4. The normalized spacial score (nSPS) is 13.3. The van der Waals surface area contributed by atoms with E-state index >= 15 is 0 Å². The predicted octanol–water partition coefficient (Wildman–Crippen LogP) is 3.58. The van der Waals surface area contributed by atoms with Crippen LogP contribution in [0.4, 0.5) is 18.0 Å². The van der Waals surface area contributed by atoms with Crippen molar-refractivity contribution >= 4 is 23.7 Å². The first kappa shape index (κ1) is 21.0. The number of carboxylic acid groups (broad SMARTS) is 1. The van der Waals surface area contributed by atoms with Gasteiger partial charge in [0.15, 0.2) is 0 Å². The first-order valence-corrected chi connectivity index (χ1v) is 7.54. The molecule has 1 aromatic heterocycles. The van der Waals surface area contributed by atoms with Crippen molar-refractivity contribution in [3.8, 4) is 0 Å². The number of pyridine rings is 1. The average Bonchev–Trinajstić information content (AvgIpc) is 2.37. The molecule has 1 unspecified atom stereocenters. The Morgan fingerprint density at radius 3 is 2.36 bits per heavy atom. The summed E-state index contributed by atoms with van der Waals surface area (Å²) in [4.78, 5) is 26.3. The number of aryl methyl sites for hydroxylation is 1. The Bertz CT molecular complexity index is 672. The zero-order chi connectivity index (χ0) is 19.6. The van der Waals surface area contributed by atoms with Crippen LogP contribution in [0.2, 0.25) is 5.15 Å². The molecule has 0 radical (unpaired) electrons. The van der Waals surface area contributed by atoms with Gasteiger partial charge in [-0.1, -0.05) is 17.7 Å². The van der Waals surface area contributed by atoms with E-state index in [4.69, 9.17) is 16.3 Å². The first-order valence-electron chi connectivity index (χ1n) is 7.16. The lowest BCUT2D eigenvalue weighted by Crippen LogP contribution is -2.44. The number of aromatic nitrogens is 1. The van der Waals surface area contributed by atoms with Crippen molar-refractivity contribution in [3.63, 3.8) is 0 Å². The summed E-state index contributed by atoms with van der Waals surface area (Å²) in [6.45, 7) is 5.99. The van der Waals surface area contributed by atoms with Crippen LogP contribution >= 0.6 is 11.6 Å². The number of carboxylic acids is 1. The van der Waals surface area contributed by atoms with Crippen molar-refractivity contribution in [2.24, 2.45) is 0 Å². The molecule has 0 spiro atoms. The molecule has 0 bridgehead atoms. The van der Waals surface area contributed by atoms with E-state index in [-0.39, 0.29) is 17.5 Å². The standard InChI is InChI=1S/C15H18ClF3N2O4/c1-7-5-8(11(16)21-10(7)15(17,18)19)6-9(12(22)23)20-13(24)25-14(2,3)4/h5,9H,6H2,1-4H3,(H,20,24)(H,22,23). The van der Waals surface area contributed by atoms with Gasteiger partial charge in [0, 0.05) is 6.42 Å². The topological polar surface area (TPSA) is 88.5 Å². The maximum Gasteiger partial charge on any atom is 0.433 e. The fraction of sp³-hybridized carbons (Fsp3) is 0.533. The Balaban J connectivity index is 3.02. The monoisotopic (exact) mass is 382 g/mol. The quantitative estimate of drug-likeness (QED) is 0.777. The molecule has 10 heteroatoms. The predicted molar refractivity (Wildman–Crippen MR) is 83.5 cm³/mol. The molecule has 0 aromatic carbocycles. The molecule has 0 saturated carbocycles. The number of carbonyl (C=O) groups excluding carboxylic acids is 1. The number of rotatable bonds is 4. The van der Waals surface area contributed by atoms with Crippen molar-refractivity contribution < 1.29 is 32.6 Å². The number of carbonyl (C=O) groups is 2. The Hall–Kier alpha value is -2.03. The van der Waals surface area contributed by atoms with Gasteiger partial charge in [-0.15, -0.1) is 0 Å². The van der Waals surface area contributed by atoms with Crippen molar-refractivity contribution in [3.05, 3.63) is 28.0 Å². The molecular weight excluding hydrogens is 365 g/mol. The molecule has 0 fully saturated rings. The molecule has 1 aromatic rings. The molecule has 1 atom stereocenters. The van der Waals surface area contributed by atoms with Crippen LogP contribution in [0.3, 0.4) is 0 Å². The molecule has 6 nitrogen and oxygen atoms in total. The van der Waals surface area contributed by atoms with Crippen LogP contribution in [0.25, 0.3) is 0 Å². The molecule has 2 N–H and O–H groups in total. The number of ether oxygens (including phenoxy) is 1. The SMILES string of the molecule is Cc1cc(CC(NC(=O)OC(C)(C)C)C(=O)O)c(Cl)nc1C(F)(F)F. The lowest BCUT2D eigenvalue weighted by atomic mass is 10.0.